The minimum absolute atomic E-state index is 0.0138. The summed E-state index contributed by atoms with van der Waals surface area (Å²) in [6, 6.07) is 21.2. The van der Waals surface area contributed by atoms with E-state index in [9.17, 15) is 0 Å². The summed E-state index contributed by atoms with van der Waals surface area (Å²) in [6.07, 6.45) is 1.14. The van der Waals surface area contributed by atoms with E-state index in [4.69, 9.17) is 5.73 Å². The first-order chi connectivity index (χ1) is 10.3. The number of hydrogen-bond donors (Lipinski definition) is 1. The second kappa shape index (κ2) is 7.96. The number of nitrogens with two attached hydrogens (primary N) is 1. The Labute approximate surface area is 128 Å². The zero-order valence-corrected chi connectivity index (χ0v) is 13.1. The molecule has 0 radical (unpaired) electrons. The summed E-state index contributed by atoms with van der Waals surface area (Å²) in [6.45, 7) is 6.51. The highest BCUT2D eigenvalue weighted by molar-refractivity contribution is 5.27. The van der Waals surface area contributed by atoms with Gasteiger partial charge in [-0.2, -0.15) is 0 Å². The van der Waals surface area contributed by atoms with E-state index in [0.717, 1.165) is 19.5 Å². The summed E-state index contributed by atoms with van der Waals surface area (Å²) in [5.41, 5.74) is 9.13. The third-order valence-corrected chi connectivity index (χ3v) is 3.98. The minimum Gasteiger partial charge on any atom is -0.322 e. The normalized spacial score (nSPS) is 14.1. The van der Waals surface area contributed by atoms with Crippen LogP contribution < -0.4 is 5.73 Å². The van der Waals surface area contributed by atoms with Gasteiger partial charge in [0.15, 0.2) is 0 Å². The molecule has 2 rings (SSSR count). The highest BCUT2D eigenvalue weighted by Gasteiger charge is 2.26. The molecule has 0 aliphatic carbocycles. The van der Waals surface area contributed by atoms with Crippen LogP contribution in [-0.4, -0.2) is 18.0 Å². The van der Waals surface area contributed by atoms with Gasteiger partial charge in [0, 0.05) is 6.04 Å². The summed E-state index contributed by atoms with van der Waals surface area (Å²) >= 11 is 0. The van der Waals surface area contributed by atoms with E-state index in [-0.39, 0.29) is 12.1 Å². The van der Waals surface area contributed by atoms with Crippen LogP contribution in [0.15, 0.2) is 60.7 Å². The number of rotatable bonds is 7. The van der Waals surface area contributed by atoms with Gasteiger partial charge in [-0.05, 0) is 30.6 Å². The molecular formula is C19H26N2. The summed E-state index contributed by atoms with van der Waals surface area (Å²) < 4.78 is 0. The molecule has 2 aromatic rings. The van der Waals surface area contributed by atoms with Crippen LogP contribution in [0.4, 0.5) is 0 Å². The second-order valence-electron chi connectivity index (χ2n) is 5.42. The molecule has 2 N–H and O–H groups in total. The van der Waals surface area contributed by atoms with Gasteiger partial charge >= 0.3 is 0 Å². The van der Waals surface area contributed by atoms with Gasteiger partial charge in [0.05, 0.1) is 6.04 Å². The highest BCUT2D eigenvalue weighted by atomic mass is 15.2. The van der Waals surface area contributed by atoms with Crippen molar-refractivity contribution in [2.75, 3.05) is 13.1 Å². The third-order valence-electron chi connectivity index (χ3n) is 3.98. The van der Waals surface area contributed by atoms with Crippen LogP contribution >= 0.6 is 0 Å². The molecule has 0 saturated carbocycles. The average Bonchev–Trinajstić information content (AvgIpc) is 2.56. The molecule has 2 aromatic carbocycles. The molecule has 21 heavy (non-hydrogen) atoms. The molecule has 0 saturated heterocycles. The fourth-order valence-electron chi connectivity index (χ4n) is 2.93. The molecule has 0 aliphatic rings. The van der Waals surface area contributed by atoms with Gasteiger partial charge in [0.1, 0.15) is 0 Å². The topological polar surface area (TPSA) is 29.3 Å². The first-order valence-electron chi connectivity index (χ1n) is 7.87. The first kappa shape index (κ1) is 15.7. The quantitative estimate of drug-likeness (QED) is 0.826. The van der Waals surface area contributed by atoms with E-state index in [1.54, 1.807) is 0 Å². The third kappa shape index (κ3) is 3.93. The Morgan fingerprint density at radius 3 is 1.86 bits per heavy atom. The van der Waals surface area contributed by atoms with Crippen LogP contribution in [0, 0.1) is 0 Å². The van der Waals surface area contributed by atoms with Crippen LogP contribution in [0.1, 0.15) is 43.5 Å². The van der Waals surface area contributed by atoms with E-state index in [0.29, 0.717) is 0 Å². The molecule has 0 aromatic heterocycles. The number of nitrogens with zero attached hydrogens (tertiary/aromatic N) is 1. The lowest BCUT2D eigenvalue weighted by molar-refractivity contribution is 0.180. The molecule has 2 heteroatoms. The Morgan fingerprint density at radius 2 is 1.38 bits per heavy atom. The van der Waals surface area contributed by atoms with Crippen LogP contribution in [0.25, 0.3) is 0 Å². The van der Waals surface area contributed by atoms with E-state index in [1.165, 1.54) is 11.1 Å². The maximum absolute atomic E-state index is 6.64. The molecule has 0 heterocycles. The van der Waals surface area contributed by atoms with Crippen molar-refractivity contribution in [2.45, 2.75) is 32.4 Å². The lowest BCUT2D eigenvalue weighted by atomic mass is 9.92. The Hall–Kier alpha value is -1.64. The molecule has 2 nitrogen and oxygen atoms in total. The molecule has 0 bridgehead atoms. The molecule has 0 fully saturated rings. The fraction of sp³-hybridized carbons (Fsp3) is 0.368. The van der Waals surface area contributed by atoms with Gasteiger partial charge in [-0.3, -0.25) is 4.90 Å². The van der Waals surface area contributed by atoms with Crippen molar-refractivity contribution in [3.05, 3.63) is 71.8 Å². The summed E-state index contributed by atoms with van der Waals surface area (Å²) in [7, 11) is 0. The molecule has 2 unspecified atom stereocenters. The van der Waals surface area contributed by atoms with Crippen molar-refractivity contribution in [3.63, 3.8) is 0 Å². The smallest absolute Gasteiger partial charge is 0.0541 e. The lowest BCUT2D eigenvalue weighted by Crippen LogP contribution is -2.36. The zero-order chi connectivity index (χ0) is 15.1. The van der Waals surface area contributed by atoms with Crippen molar-refractivity contribution < 1.29 is 0 Å². The summed E-state index contributed by atoms with van der Waals surface area (Å²) in [5, 5.41) is 0. The van der Waals surface area contributed by atoms with Gasteiger partial charge in [-0.1, -0.05) is 74.5 Å². The lowest BCUT2D eigenvalue weighted by Gasteiger charge is -2.35. The van der Waals surface area contributed by atoms with Crippen molar-refractivity contribution in [1.29, 1.82) is 0 Å². The zero-order valence-electron chi connectivity index (χ0n) is 13.1. The van der Waals surface area contributed by atoms with Crippen molar-refractivity contribution in [2.24, 2.45) is 5.73 Å². The number of benzene rings is 2. The van der Waals surface area contributed by atoms with Crippen LogP contribution in [0.3, 0.4) is 0 Å². The minimum atomic E-state index is -0.0138. The van der Waals surface area contributed by atoms with Gasteiger partial charge in [0.25, 0.3) is 0 Å². The Balaban J connectivity index is 2.35. The Morgan fingerprint density at radius 1 is 0.857 bits per heavy atom. The predicted octanol–water partition coefficient (Wildman–Crippen LogP) is 4.16. The number of likely N-dealkylation sites (N-methyl/N-ethyl adjacent to an activating group) is 1. The van der Waals surface area contributed by atoms with E-state index >= 15 is 0 Å². The van der Waals surface area contributed by atoms with Gasteiger partial charge in [-0.15, -0.1) is 0 Å². The maximum Gasteiger partial charge on any atom is 0.0541 e. The van der Waals surface area contributed by atoms with Crippen molar-refractivity contribution >= 4 is 0 Å². The molecule has 2 atom stereocenters. The van der Waals surface area contributed by atoms with Gasteiger partial charge in [0.2, 0.25) is 0 Å². The van der Waals surface area contributed by atoms with Crippen LogP contribution in [0.2, 0.25) is 0 Å². The summed E-state index contributed by atoms with van der Waals surface area (Å²) in [4.78, 5) is 2.48. The molecule has 0 amide bonds. The first-order valence-corrected chi connectivity index (χ1v) is 7.87. The number of hydrogen-bond acceptors (Lipinski definition) is 2. The van der Waals surface area contributed by atoms with Crippen LogP contribution in [-0.2, 0) is 0 Å². The second-order valence-corrected chi connectivity index (χ2v) is 5.42. The molecule has 0 aliphatic heterocycles. The standard InChI is InChI=1S/C19H26N2/c1-3-15-21(4-2)19(17-13-9-6-10-14-17)18(20)16-11-7-5-8-12-16/h5-14,18-19H,3-4,15,20H2,1-2H3. The van der Waals surface area contributed by atoms with E-state index in [1.807, 2.05) is 6.07 Å². The SMILES string of the molecule is CCCN(CC)C(c1ccccc1)C(N)c1ccccc1. The van der Waals surface area contributed by atoms with Crippen molar-refractivity contribution in [3.8, 4) is 0 Å². The maximum atomic E-state index is 6.64. The monoisotopic (exact) mass is 282 g/mol. The largest absolute Gasteiger partial charge is 0.322 e. The fourth-order valence-corrected chi connectivity index (χ4v) is 2.93. The van der Waals surface area contributed by atoms with Crippen LogP contribution in [0.5, 0.6) is 0 Å². The molecule has 112 valence electrons. The predicted molar refractivity (Wildman–Crippen MR) is 90.1 cm³/mol. The summed E-state index contributed by atoms with van der Waals surface area (Å²) in [5.74, 6) is 0. The van der Waals surface area contributed by atoms with E-state index < -0.39 is 0 Å². The van der Waals surface area contributed by atoms with Crippen molar-refractivity contribution in [1.82, 2.24) is 4.90 Å². The van der Waals surface area contributed by atoms with Gasteiger partial charge in [-0.25, -0.2) is 0 Å². The highest BCUT2D eigenvalue weighted by Crippen LogP contribution is 2.32. The Bertz CT molecular complexity index is 510. The van der Waals surface area contributed by atoms with E-state index in [2.05, 4.69) is 73.3 Å². The molecule has 0 spiro atoms. The van der Waals surface area contributed by atoms with Gasteiger partial charge < -0.3 is 5.73 Å². The average molecular weight is 282 g/mol. The molecular weight excluding hydrogens is 256 g/mol. The Kier molecular flexibility index (Phi) is 5.97.